The van der Waals surface area contributed by atoms with Crippen molar-refractivity contribution in [2.45, 2.75) is 104 Å². The van der Waals surface area contributed by atoms with E-state index in [1.54, 1.807) is 15.5 Å². The van der Waals surface area contributed by atoms with Gasteiger partial charge in [0.25, 0.3) is 11.8 Å². The number of benzene rings is 2. The predicted molar refractivity (Wildman–Crippen MR) is 232 cm³/mol. The van der Waals surface area contributed by atoms with Crippen LogP contribution in [-0.2, 0) is 49.5 Å². The van der Waals surface area contributed by atoms with Crippen LogP contribution in [0.15, 0.2) is 36.4 Å². The van der Waals surface area contributed by atoms with E-state index in [0.717, 1.165) is 60.9 Å². The fraction of sp³-hybridized carbons (Fsp3) is 0.543. The highest BCUT2D eigenvalue weighted by atomic mass is 35.5. The van der Waals surface area contributed by atoms with Crippen LogP contribution in [0.1, 0.15) is 115 Å². The zero-order chi connectivity index (χ0) is 42.6. The number of aromatic nitrogens is 4. The number of nitrogens with zero attached hydrogens (tertiary/aromatic N) is 6. The number of amides is 3. The van der Waals surface area contributed by atoms with Crippen molar-refractivity contribution in [3.8, 4) is 11.1 Å². The average Bonchev–Trinajstić information content (AvgIpc) is 3.95. The highest BCUT2D eigenvalue weighted by Crippen LogP contribution is 2.63. The van der Waals surface area contributed by atoms with E-state index < -0.39 is 11.7 Å². The van der Waals surface area contributed by atoms with Gasteiger partial charge in [-0.1, -0.05) is 35.9 Å². The van der Waals surface area contributed by atoms with E-state index in [0.29, 0.717) is 57.3 Å². The van der Waals surface area contributed by atoms with Crippen molar-refractivity contribution < 1.29 is 23.9 Å². The van der Waals surface area contributed by atoms with Crippen LogP contribution in [0.4, 0.5) is 16.2 Å². The van der Waals surface area contributed by atoms with Gasteiger partial charge in [0.15, 0.2) is 11.6 Å². The summed E-state index contributed by atoms with van der Waals surface area (Å²) in [7, 11) is 5.58. The molecular formula is C46H59ClN8O5. The van der Waals surface area contributed by atoms with Gasteiger partial charge in [-0.25, -0.2) is 14.8 Å². The van der Waals surface area contributed by atoms with E-state index in [1.807, 2.05) is 83.8 Å². The van der Waals surface area contributed by atoms with Crippen molar-refractivity contribution in [3.05, 3.63) is 81.4 Å². The molecule has 0 spiro atoms. The monoisotopic (exact) mass is 838 g/mol. The van der Waals surface area contributed by atoms with Gasteiger partial charge < -0.3 is 34.1 Å². The van der Waals surface area contributed by atoms with Gasteiger partial charge in [-0.05, 0) is 113 Å². The summed E-state index contributed by atoms with van der Waals surface area (Å²) in [5, 5.41) is 6.47. The molecule has 2 aromatic carbocycles. The topological polar surface area (TPSA) is 136 Å². The molecule has 2 bridgehead atoms. The van der Waals surface area contributed by atoms with Crippen LogP contribution in [-0.4, -0.2) is 85.8 Å². The molecule has 4 heterocycles. The number of halogens is 1. The summed E-state index contributed by atoms with van der Waals surface area (Å²) in [6.07, 6.45) is 10.1. The predicted octanol–water partition coefficient (Wildman–Crippen LogP) is 8.32. The Bertz CT molecular complexity index is 2320. The van der Waals surface area contributed by atoms with Crippen molar-refractivity contribution in [3.63, 3.8) is 0 Å². The van der Waals surface area contributed by atoms with Gasteiger partial charge in [0, 0.05) is 76.3 Å². The van der Waals surface area contributed by atoms with E-state index in [-0.39, 0.29) is 24.2 Å². The molecule has 2 aliphatic heterocycles. The molecule has 0 radical (unpaired) electrons. The summed E-state index contributed by atoms with van der Waals surface area (Å²) in [6.45, 7) is 11.8. The zero-order valence-corrected chi connectivity index (χ0v) is 36.9. The second-order valence-electron chi connectivity index (χ2n) is 18.7. The van der Waals surface area contributed by atoms with Crippen LogP contribution in [0, 0.1) is 17.8 Å². The number of rotatable bonds is 11. The summed E-state index contributed by atoms with van der Waals surface area (Å²) in [4.78, 5) is 53.9. The average molecular weight is 839 g/mol. The quantitative estimate of drug-likeness (QED) is 0.154. The first kappa shape index (κ1) is 42.0. The Morgan fingerprint density at radius 2 is 1.40 bits per heavy atom. The minimum atomic E-state index is -0.607. The second-order valence-corrected chi connectivity index (χ2v) is 19.1. The minimum absolute atomic E-state index is 0.254. The first-order valence-corrected chi connectivity index (χ1v) is 21.8. The Labute approximate surface area is 358 Å². The SMILES string of the molecule is COCC12CCC(CCCN3CCc4c(nc(C(=O)Nc5cccc(-c6cccc(NC(=O)c7nc8c(n7C)CCN(C(=O)OC(C)(C)C)C8)c6C)c5Cl)n4C)C3)(CC1)C2. The molecule has 8 rings (SSSR count). The minimum Gasteiger partial charge on any atom is -0.444 e. The third-order valence-corrected chi connectivity index (χ3v) is 13.9. The lowest BCUT2D eigenvalue weighted by molar-refractivity contribution is 0.0220. The highest BCUT2D eigenvalue weighted by molar-refractivity contribution is 6.36. The van der Waals surface area contributed by atoms with E-state index in [2.05, 4.69) is 20.5 Å². The van der Waals surface area contributed by atoms with Crippen LogP contribution >= 0.6 is 11.6 Å². The van der Waals surface area contributed by atoms with Gasteiger partial charge in [-0.3, -0.25) is 14.5 Å². The van der Waals surface area contributed by atoms with Crippen LogP contribution in [0.25, 0.3) is 11.1 Å². The Balaban J connectivity index is 0.911. The molecule has 0 unspecified atom stereocenters. The van der Waals surface area contributed by atoms with Gasteiger partial charge in [-0.15, -0.1) is 0 Å². The van der Waals surface area contributed by atoms with Gasteiger partial charge in [0.05, 0.1) is 35.2 Å². The summed E-state index contributed by atoms with van der Waals surface area (Å²) in [5.41, 5.74) is 7.39. The van der Waals surface area contributed by atoms with Crippen molar-refractivity contribution in [2.24, 2.45) is 24.9 Å². The van der Waals surface area contributed by atoms with Gasteiger partial charge in [0.2, 0.25) is 0 Å². The first-order chi connectivity index (χ1) is 28.6. The molecule has 60 heavy (non-hydrogen) atoms. The number of hydrogen-bond acceptors (Lipinski definition) is 8. The Morgan fingerprint density at radius 3 is 2.05 bits per heavy atom. The van der Waals surface area contributed by atoms with Crippen molar-refractivity contribution >= 4 is 40.9 Å². The lowest BCUT2D eigenvalue weighted by atomic mass is 9.79. The molecular weight excluding hydrogens is 780 g/mol. The molecule has 320 valence electrons. The molecule has 0 saturated heterocycles. The number of methoxy groups -OCH3 is 1. The molecule has 14 heteroatoms. The van der Waals surface area contributed by atoms with Crippen LogP contribution in [0.2, 0.25) is 5.02 Å². The molecule has 3 amide bonds. The molecule has 0 atom stereocenters. The van der Waals surface area contributed by atoms with E-state index in [1.165, 1.54) is 44.9 Å². The van der Waals surface area contributed by atoms with Crippen LogP contribution in [0.5, 0.6) is 0 Å². The normalized spacial score (nSPS) is 21.2. The lowest BCUT2D eigenvalue weighted by Crippen LogP contribution is -2.40. The van der Waals surface area contributed by atoms with Gasteiger partial charge in [-0.2, -0.15) is 0 Å². The van der Waals surface area contributed by atoms with Crippen molar-refractivity contribution in [1.82, 2.24) is 28.9 Å². The summed E-state index contributed by atoms with van der Waals surface area (Å²) in [6, 6.07) is 11.2. The van der Waals surface area contributed by atoms with E-state index in [4.69, 9.17) is 26.1 Å². The number of carbonyl (C=O) groups excluding carboxylic acids is 3. The molecule has 4 aromatic rings. The molecule has 4 aliphatic rings. The summed E-state index contributed by atoms with van der Waals surface area (Å²) >= 11 is 7.06. The standard InChI is InChI=1S/C46H59ClN8O5/c1-29-30(11-8-13-32(29)50-41(56)39-49-35-26-55(24-16-37(35)53(39)6)43(58)60-44(2,3)4)31-12-9-14-33(38(31)47)51-42(57)40-48-34-25-54(23-15-36(34)52(40)5)22-10-17-45-18-20-46(27-45,21-19-45)28-59-7/h8-9,11-14H,10,15-28H2,1-7H3,(H,50,56)(H,51,57). The Morgan fingerprint density at radius 1 is 0.817 bits per heavy atom. The van der Waals surface area contributed by atoms with E-state index in [9.17, 15) is 14.4 Å². The number of ether oxygens (including phenoxy) is 2. The molecule has 2 N–H and O–H groups in total. The van der Waals surface area contributed by atoms with Crippen molar-refractivity contribution in [2.75, 3.05) is 44.0 Å². The second kappa shape index (κ2) is 16.3. The number of imidazole rings is 2. The largest absolute Gasteiger partial charge is 0.444 e. The Kier molecular flexibility index (Phi) is 11.4. The molecule has 2 aromatic heterocycles. The number of anilines is 2. The number of hydrogen-bond donors (Lipinski definition) is 2. The van der Waals surface area contributed by atoms with Gasteiger partial charge >= 0.3 is 6.09 Å². The molecule has 13 nitrogen and oxygen atoms in total. The van der Waals surface area contributed by atoms with Crippen molar-refractivity contribution in [1.29, 1.82) is 0 Å². The summed E-state index contributed by atoms with van der Waals surface area (Å²) < 4.78 is 14.9. The highest BCUT2D eigenvalue weighted by Gasteiger charge is 2.53. The van der Waals surface area contributed by atoms with Crippen LogP contribution < -0.4 is 10.6 Å². The van der Waals surface area contributed by atoms with Gasteiger partial charge in [0.1, 0.15) is 5.60 Å². The lowest BCUT2D eigenvalue weighted by Gasteiger charge is -2.30. The molecule has 2 aliphatic carbocycles. The maximum absolute atomic E-state index is 13.8. The zero-order valence-electron chi connectivity index (χ0n) is 36.2. The summed E-state index contributed by atoms with van der Waals surface area (Å²) in [5.74, 6) is -0.0634. The smallest absolute Gasteiger partial charge is 0.410 e. The maximum Gasteiger partial charge on any atom is 0.410 e. The maximum atomic E-state index is 13.8. The van der Waals surface area contributed by atoms with E-state index >= 15 is 0 Å². The van der Waals surface area contributed by atoms with Crippen LogP contribution in [0.3, 0.4) is 0 Å². The molecule has 2 saturated carbocycles. The number of carbonyl (C=O) groups is 3. The fourth-order valence-electron chi connectivity index (χ4n) is 10.4. The third-order valence-electron chi connectivity index (χ3n) is 13.5. The Hall–Kier alpha value is -4.72. The number of fused-ring (bicyclic) bond motifs is 4. The fourth-order valence-corrected chi connectivity index (χ4v) is 10.7. The molecule has 2 fully saturated rings. The third kappa shape index (κ3) is 8.20. The number of nitrogens with one attached hydrogen (secondary N) is 2. The first-order valence-electron chi connectivity index (χ1n) is 21.4.